The first kappa shape index (κ1) is 16.0. The monoisotopic (exact) mass is 334 g/mol. The smallest absolute Gasteiger partial charge is 0.276 e. The fraction of sp³-hybridized carbons (Fsp3) is 0.438. The van der Waals surface area contributed by atoms with Crippen LogP contribution in [0.2, 0.25) is 5.02 Å². The maximum atomic E-state index is 12.6. The number of hydrogen-bond acceptors (Lipinski definition) is 4. The predicted molar refractivity (Wildman–Crippen MR) is 86.8 cm³/mol. The van der Waals surface area contributed by atoms with Gasteiger partial charge in [-0.2, -0.15) is 9.90 Å². The highest BCUT2D eigenvalue weighted by molar-refractivity contribution is 6.30. The highest BCUT2D eigenvalue weighted by Gasteiger charge is 2.26. The Bertz CT molecular complexity index is 708. The van der Waals surface area contributed by atoms with Crippen LogP contribution in [0.4, 0.5) is 0 Å². The number of hydrogen-bond donors (Lipinski definition) is 1. The fourth-order valence-corrected chi connectivity index (χ4v) is 2.95. The van der Waals surface area contributed by atoms with Crippen LogP contribution in [0.3, 0.4) is 0 Å². The van der Waals surface area contributed by atoms with Crippen molar-refractivity contribution >= 4 is 17.5 Å². The van der Waals surface area contributed by atoms with Crippen molar-refractivity contribution in [2.75, 3.05) is 19.7 Å². The lowest BCUT2D eigenvalue weighted by molar-refractivity contribution is 0.0644. The summed E-state index contributed by atoms with van der Waals surface area (Å²) in [5, 5.41) is 18.5. The summed E-state index contributed by atoms with van der Waals surface area (Å²) in [6, 6.07) is 7.19. The molecule has 1 fully saturated rings. The summed E-state index contributed by atoms with van der Waals surface area (Å²) in [4.78, 5) is 15.9. The first-order valence-corrected chi connectivity index (χ1v) is 8.06. The third kappa shape index (κ3) is 3.38. The quantitative estimate of drug-likeness (QED) is 0.932. The lowest BCUT2D eigenvalue weighted by atomic mass is 9.98. The van der Waals surface area contributed by atoms with E-state index in [1.807, 2.05) is 12.1 Å². The Labute approximate surface area is 139 Å². The number of nitrogens with zero attached hydrogens (tertiary/aromatic N) is 4. The zero-order valence-corrected chi connectivity index (χ0v) is 13.7. The average molecular weight is 335 g/mol. The van der Waals surface area contributed by atoms with E-state index in [9.17, 15) is 9.90 Å². The number of aliphatic hydroxyl groups excluding tert-OH is 1. The topological polar surface area (TPSA) is 71.2 Å². The Morgan fingerprint density at radius 2 is 2.09 bits per heavy atom. The van der Waals surface area contributed by atoms with Crippen LogP contribution in [0.1, 0.15) is 29.0 Å². The second-order valence-electron chi connectivity index (χ2n) is 5.82. The molecular weight excluding hydrogens is 316 g/mol. The molecule has 1 aliphatic rings. The standard InChI is InChI=1S/C16H19ClN4O2/c1-11-15(16(23)20-7-5-12(10-22)6-8-20)19-21(18-11)14-4-2-3-13(17)9-14/h2-4,9,12,22H,5-8,10H2,1H3. The van der Waals surface area contributed by atoms with Crippen LogP contribution in [0.25, 0.3) is 5.69 Å². The minimum atomic E-state index is -0.104. The van der Waals surface area contributed by atoms with E-state index in [4.69, 9.17) is 11.6 Å². The second kappa shape index (κ2) is 6.68. The molecule has 0 saturated carbocycles. The van der Waals surface area contributed by atoms with Gasteiger partial charge in [-0.25, -0.2) is 0 Å². The van der Waals surface area contributed by atoms with E-state index in [-0.39, 0.29) is 12.5 Å². The Balaban J connectivity index is 1.80. The zero-order valence-electron chi connectivity index (χ0n) is 12.9. The van der Waals surface area contributed by atoms with E-state index in [0.29, 0.717) is 35.4 Å². The molecule has 7 heteroatoms. The SMILES string of the molecule is Cc1nn(-c2cccc(Cl)c2)nc1C(=O)N1CCC(CO)CC1. The molecule has 0 bridgehead atoms. The summed E-state index contributed by atoms with van der Waals surface area (Å²) >= 11 is 5.99. The van der Waals surface area contributed by atoms with Gasteiger partial charge in [0.05, 0.1) is 11.4 Å². The molecule has 1 N–H and O–H groups in total. The molecule has 0 atom stereocenters. The van der Waals surface area contributed by atoms with Gasteiger partial charge in [0.2, 0.25) is 0 Å². The van der Waals surface area contributed by atoms with E-state index >= 15 is 0 Å². The van der Waals surface area contributed by atoms with Crippen molar-refractivity contribution in [2.24, 2.45) is 5.92 Å². The molecule has 2 aromatic rings. The predicted octanol–water partition coefficient (Wildman–Crippen LogP) is 2.07. The second-order valence-corrected chi connectivity index (χ2v) is 6.26. The maximum Gasteiger partial charge on any atom is 0.276 e. The molecule has 1 amide bonds. The first-order valence-electron chi connectivity index (χ1n) is 7.68. The number of halogens is 1. The number of amides is 1. The molecule has 6 nitrogen and oxygen atoms in total. The van der Waals surface area contributed by atoms with Crippen LogP contribution < -0.4 is 0 Å². The Kier molecular flexibility index (Phi) is 4.63. The Hall–Kier alpha value is -1.92. The van der Waals surface area contributed by atoms with Gasteiger partial charge >= 0.3 is 0 Å². The van der Waals surface area contributed by atoms with Gasteiger partial charge in [-0.05, 0) is 43.9 Å². The van der Waals surface area contributed by atoms with Crippen LogP contribution >= 0.6 is 11.6 Å². The molecule has 0 radical (unpaired) electrons. The molecule has 122 valence electrons. The van der Waals surface area contributed by atoms with E-state index < -0.39 is 0 Å². The van der Waals surface area contributed by atoms with Crippen molar-refractivity contribution in [1.29, 1.82) is 0 Å². The van der Waals surface area contributed by atoms with E-state index in [2.05, 4.69) is 10.2 Å². The van der Waals surface area contributed by atoms with Gasteiger partial charge in [0.15, 0.2) is 5.69 Å². The average Bonchev–Trinajstić information content (AvgIpc) is 2.96. The molecule has 0 unspecified atom stereocenters. The van der Waals surface area contributed by atoms with Crippen molar-refractivity contribution in [3.8, 4) is 5.69 Å². The molecule has 1 aliphatic heterocycles. The number of aliphatic hydroxyl groups is 1. The largest absolute Gasteiger partial charge is 0.396 e. The molecule has 3 rings (SSSR count). The molecule has 23 heavy (non-hydrogen) atoms. The Morgan fingerprint density at radius 3 is 2.74 bits per heavy atom. The van der Waals surface area contributed by atoms with Crippen molar-refractivity contribution in [1.82, 2.24) is 19.9 Å². The lowest BCUT2D eigenvalue weighted by Gasteiger charge is -2.30. The molecule has 1 aromatic carbocycles. The molecule has 1 aromatic heterocycles. The summed E-state index contributed by atoms with van der Waals surface area (Å²) in [5.41, 5.74) is 1.69. The van der Waals surface area contributed by atoms with Gasteiger partial charge in [0.1, 0.15) is 0 Å². The summed E-state index contributed by atoms with van der Waals surface area (Å²) < 4.78 is 0. The number of aromatic nitrogens is 3. The maximum absolute atomic E-state index is 12.6. The third-order valence-corrected chi connectivity index (χ3v) is 4.42. The van der Waals surface area contributed by atoms with Gasteiger partial charge in [-0.15, -0.1) is 5.10 Å². The number of rotatable bonds is 3. The minimum absolute atomic E-state index is 0.104. The van der Waals surface area contributed by atoms with Gasteiger partial charge < -0.3 is 10.0 Å². The third-order valence-electron chi connectivity index (χ3n) is 4.18. The minimum Gasteiger partial charge on any atom is -0.396 e. The summed E-state index contributed by atoms with van der Waals surface area (Å²) in [5.74, 6) is 0.189. The van der Waals surface area contributed by atoms with Crippen LogP contribution in [0.15, 0.2) is 24.3 Å². The van der Waals surface area contributed by atoms with Crippen molar-refractivity contribution in [2.45, 2.75) is 19.8 Å². The molecule has 2 heterocycles. The van der Waals surface area contributed by atoms with E-state index in [1.165, 1.54) is 4.80 Å². The molecule has 0 spiro atoms. The number of carbonyl (C=O) groups excluding carboxylic acids is 1. The number of aryl methyl sites for hydroxylation is 1. The van der Waals surface area contributed by atoms with Crippen LogP contribution in [-0.2, 0) is 0 Å². The molecule has 1 saturated heterocycles. The van der Waals surface area contributed by atoms with Crippen molar-refractivity contribution in [3.05, 3.63) is 40.7 Å². The summed E-state index contributed by atoms with van der Waals surface area (Å²) in [7, 11) is 0. The zero-order chi connectivity index (χ0) is 16.4. The lowest BCUT2D eigenvalue weighted by Crippen LogP contribution is -2.39. The number of piperidine rings is 1. The first-order chi connectivity index (χ1) is 11.1. The van der Waals surface area contributed by atoms with E-state index in [1.54, 1.807) is 24.0 Å². The van der Waals surface area contributed by atoms with Crippen molar-refractivity contribution in [3.63, 3.8) is 0 Å². The van der Waals surface area contributed by atoms with Crippen LogP contribution in [0, 0.1) is 12.8 Å². The highest BCUT2D eigenvalue weighted by Crippen LogP contribution is 2.19. The van der Waals surface area contributed by atoms with Gasteiger partial charge in [0.25, 0.3) is 5.91 Å². The van der Waals surface area contributed by atoms with Gasteiger partial charge in [-0.1, -0.05) is 17.7 Å². The Morgan fingerprint density at radius 1 is 1.35 bits per heavy atom. The van der Waals surface area contributed by atoms with Crippen LogP contribution in [0.5, 0.6) is 0 Å². The number of carbonyl (C=O) groups is 1. The van der Waals surface area contributed by atoms with Crippen molar-refractivity contribution < 1.29 is 9.90 Å². The number of likely N-dealkylation sites (tertiary alicyclic amines) is 1. The summed E-state index contributed by atoms with van der Waals surface area (Å²) in [6.07, 6.45) is 1.65. The van der Waals surface area contributed by atoms with Crippen LogP contribution in [-0.4, -0.2) is 50.6 Å². The normalized spacial score (nSPS) is 15.9. The number of benzene rings is 1. The van der Waals surface area contributed by atoms with Gasteiger partial charge in [0, 0.05) is 24.7 Å². The fourth-order valence-electron chi connectivity index (χ4n) is 2.76. The highest BCUT2D eigenvalue weighted by atomic mass is 35.5. The molecule has 0 aliphatic carbocycles. The van der Waals surface area contributed by atoms with Gasteiger partial charge in [-0.3, -0.25) is 4.79 Å². The van der Waals surface area contributed by atoms with E-state index in [0.717, 1.165) is 18.5 Å². The summed E-state index contributed by atoms with van der Waals surface area (Å²) in [6.45, 7) is 3.26. The molecular formula is C16H19ClN4O2.